The van der Waals surface area contributed by atoms with Gasteiger partial charge in [0, 0.05) is 17.6 Å². The normalized spacial score (nSPS) is 15.6. The van der Waals surface area contributed by atoms with E-state index in [0.29, 0.717) is 50.3 Å². The second-order valence-corrected chi connectivity index (χ2v) is 9.53. The number of ether oxygens (including phenoxy) is 2. The first kappa shape index (κ1) is 25.8. The summed E-state index contributed by atoms with van der Waals surface area (Å²) in [6, 6.07) is 19.5. The first-order chi connectivity index (χ1) is 17.4. The number of amidine groups is 1. The van der Waals surface area contributed by atoms with E-state index in [4.69, 9.17) is 32.7 Å². The lowest BCUT2D eigenvalue weighted by Gasteiger charge is -2.10. The molecule has 0 unspecified atom stereocenters. The third kappa shape index (κ3) is 6.10. The summed E-state index contributed by atoms with van der Waals surface area (Å²) in [7, 11) is 1.67. The summed E-state index contributed by atoms with van der Waals surface area (Å²) in [5.41, 5.74) is 2.68. The molecule has 3 aromatic rings. The number of nitrogens with zero attached hydrogens (tertiary/aromatic N) is 2. The lowest BCUT2D eigenvalue weighted by atomic mass is 10.2. The molecule has 1 fully saturated rings. The van der Waals surface area contributed by atoms with Crippen LogP contribution in [0.3, 0.4) is 0 Å². The Labute approximate surface area is 223 Å². The Morgan fingerprint density at radius 1 is 1.06 bits per heavy atom. The fourth-order valence-corrected chi connectivity index (χ4v) is 4.72. The maximum absolute atomic E-state index is 12.8. The van der Waals surface area contributed by atoms with Crippen LogP contribution in [0.5, 0.6) is 5.75 Å². The number of amides is 1. The van der Waals surface area contributed by atoms with Crippen LogP contribution in [0.1, 0.15) is 28.4 Å². The summed E-state index contributed by atoms with van der Waals surface area (Å²) >= 11 is 13.9. The van der Waals surface area contributed by atoms with Crippen molar-refractivity contribution in [3.8, 4) is 5.75 Å². The van der Waals surface area contributed by atoms with Crippen molar-refractivity contribution in [2.45, 2.75) is 13.5 Å². The predicted octanol–water partition coefficient (Wildman–Crippen LogP) is 6.98. The first-order valence-electron chi connectivity index (χ1n) is 11.0. The van der Waals surface area contributed by atoms with Crippen molar-refractivity contribution < 1.29 is 19.1 Å². The summed E-state index contributed by atoms with van der Waals surface area (Å²) in [4.78, 5) is 31.2. The highest BCUT2D eigenvalue weighted by Crippen LogP contribution is 2.35. The second kappa shape index (κ2) is 11.6. The van der Waals surface area contributed by atoms with E-state index in [-0.39, 0.29) is 11.9 Å². The fourth-order valence-electron chi connectivity index (χ4n) is 3.29. The fraction of sp³-hybridized carbons (Fsp3) is 0.148. The number of esters is 1. The van der Waals surface area contributed by atoms with Crippen LogP contribution in [0.25, 0.3) is 6.08 Å². The molecule has 36 heavy (non-hydrogen) atoms. The van der Waals surface area contributed by atoms with Gasteiger partial charge in [0.25, 0.3) is 5.91 Å². The van der Waals surface area contributed by atoms with Crippen LogP contribution in [-0.2, 0) is 16.1 Å². The van der Waals surface area contributed by atoms with Crippen molar-refractivity contribution in [1.82, 2.24) is 4.90 Å². The largest absolute Gasteiger partial charge is 0.487 e. The van der Waals surface area contributed by atoms with Gasteiger partial charge in [-0.1, -0.05) is 47.5 Å². The smallest absolute Gasteiger partial charge is 0.338 e. The Morgan fingerprint density at radius 3 is 2.50 bits per heavy atom. The summed E-state index contributed by atoms with van der Waals surface area (Å²) in [5, 5.41) is 1.58. The molecule has 0 bridgehead atoms. The summed E-state index contributed by atoms with van der Waals surface area (Å²) < 4.78 is 10.8. The molecular weight excluding hydrogens is 519 g/mol. The number of thioether (sulfide) groups is 1. The van der Waals surface area contributed by atoms with Crippen molar-refractivity contribution in [2.24, 2.45) is 4.99 Å². The molecule has 0 radical (unpaired) electrons. The quantitative estimate of drug-likeness (QED) is 0.238. The number of likely N-dealkylation sites (N-methyl/N-ethyl adjacent to an activating group) is 1. The molecule has 0 atom stereocenters. The monoisotopic (exact) mass is 540 g/mol. The number of aliphatic imine (C=N–C) groups is 1. The van der Waals surface area contributed by atoms with Crippen LogP contribution in [0.15, 0.2) is 76.6 Å². The van der Waals surface area contributed by atoms with Gasteiger partial charge in [0.1, 0.15) is 12.4 Å². The molecule has 0 aliphatic carbocycles. The van der Waals surface area contributed by atoms with Gasteiger partial charge in [-0.2, -0.15) is 0 Å². The second-order valence-electron chi connectivity index (χ2n) is 7.71. The van der Waals surface area contributed by atoms with Crippen LogP contribution < -0.4 is 4.74 Å². The molecule has 1 aliphatic heterocycles. The lowest BCUT2D eigenvalue weighted by molar-refractivity contribution is -0.121. The summed E-state index contributed by atoms with van der Waals surface area (Å²) in [5.74, 6) is -0.0322. The van der Waals surface area contributed by atoms with Gasteiger partial charge in [0.05, 0.1) is 27.8 Å². The molecule has 0 aromatic heterocycles. The zero-order valence-corrected chi connectivity index (χ0v) is 21.9. The van der Waals surface area contributed by atoms with Gasteiger partial charge < -0.3 is 9.47 Å². The predicted molar refractivity (Wildman–Crippen MR) is 145 cm³/mol. The number of carbonyl (C=O) groups is 2. The number of halogens is 2. The van der Waals surface area contributed by atoms with Gasteiger partial charge in [0.15, 0.2) is 5.17 Å². The van der Waals surface area contributed by atoms with E-state index in [2.05, 4.69) is 4.99 Å². The highest BCUT2D eigenvalue weighted by Gasteiger charge is 2.30. The summed E-state index contributed by atoms with van der Waals surface area (Å²) in [6.07, 6.45) is 1.76. The maximum Gasteiger partial charge on any atom is 0.338 e. The van der Waals surface area contributed by atoms with Crippen molar-refractivity contribution in [1.29, 1.82) is 0 Å². The lowest BCUT2D eigenvalue weighted by Crippen LogP contribution is -2.23. The zero-order chi connectivity index (χ0) is 25.7. The molecule has 3 aromatic carbocycles. The Morgan fingerprint density at radius 2 is 1.81 bits per heavy atom. The van der Waals surface area contributed by atoms with E-state index in [1.807, 2.05) is 24.3 Å². The van der Waals surface area contributed by atoms with Crippen molar-refractivity contribution >= 4 is 63.8 Å². The molecule has 1 amide bonds. The van der Waals surface area contributed by atoms with Gasteiger partial charge >= 0.3 is 5.97 Å². The van der Waals surface area contributed by atoms with E-state index in [1.54, 1.807) is 62.5 Å². The highest BCUT2D eigenvalue weighted by atomic mass is 35.5. The molecule has 0 saturated carbocycles. The van der Waals surface area contributed by atoms with Crippen molar-refractivity contribution in [3.63, 3.8) is 0 Å². The molecule has 0 N–H and O–H groups in total. The zero-order valence-electron chi connectivity index (χ0n) is 19.5. The number of hydrogen-bond donors (Lipinski definition) is 0. The third-order valence-electron chi connectivity index (χ3n) is 5.20. The molecule has 1 aliphatic rings. The Balaban J connectivity index is 1.46. The number of benzene rings is 3. The van der Waals surface area contributed by atoms with Crippen LogP contribution in [0, 0.1) is 0 Å². The molecule has 1 saturated heterocycles. The molecule has 1 heterocycles. The van der Waals surface area contributed by atoms with E-state index in [9.17, 15) is 9.59 Å². The van der Waals surface area contributed by atoms with Crippen LogP contribution in [0.2, 0.25) is 10.0 Å². The molecule has 4 rings (SSSR count). The minimum absolute atomic E-state index is 0.169. The maximum atomic E-state index is 12.8. The standard InChI is InChI=1S/C27H22Cl2N2O4S/c1-3-34-26(33)18-9-11-20(12-10-18)30-27-31(2)25(32)24(36-27)15-17-8-13-23(22(29)14-17)35-16-19-6-4-5-7-21(19)28/h4-15H,3,16H2,1-2H3. The van der Waals surface area contributed by atoms with Gasteiger partial charge in [0.2, 0.25) is 0 Å². The van der Waals surface area contributed by atoms with Gasteiger partial charge in [-0.3, -0.25) is 9.69 Å². The van der Waals surface area contributed by atoms with E-state index < -0.39 is 0 Å². The van der Waals surface area contributed by atoms with Gasteiger partial charge in [-0.05, 0) is 72.8 Å². The minimum Gasteiger partial charge on any atom is -0.487 e. The minimum atomic E-state index is -0.386. The average molecular weight is 541 g/mol. The third-order valence-corrected chi connectivity index (χ3v) is 6.93. The van der Waals surface area contributed by atoms with Gasteiger partial charge in [-0.15, -0.1) is 0 Å². The first-order valence-corrected chi connectivity index (χ1v) is 12.6. The van der Waals surface area contributed by atoms with Crippen molar-refractivity contribution in [2.75, 3.05) is 13.7 Å². The van der Waals surface area contributed by atoms with E-state index in [1.165, 1.54) is 16.7 Å². The van der Waals surface area contributed by atoms with Crippen LogP contribution >= 0.6 is 35.0 Å². The number of carbonyl (C=O) groups excluding carboxylic acids is 2. The Kier molecular flexibility index (Phi) is 8.36. The topological polar surface area (TPSA) is 68.2 Å². The summed E-state index contributed by atoms with van der Waals surface area (Å²) in [6.45, 7) is 2.36. The molecule has 6 nitrogen and oxygen atoms in total. The van der Waals surface area contributed by atoms with Gasteiger partial charge in [-0.25, -0.2) is 9.79 Å². The number of rotatable bonds is 7. The van der Waals surface area contributed by atoms with Crippen molar-refractivity contribution in [3.05, 3.63) is 98.4 Å². The molecule has 9 heteroatoms. The van der Waals surface area contributed by atoms with Crippen LogP contribution in [0.4, 0.5) is 5.69 Å². The molecule has 184 valence electrons. The average Bonchev–Trinajstić information content (AvgIpc) is 3.12. The molecular formula is C27H22Cl2N2O4S. The SMILES string of the molecule is CCOC(=O)c1ccc(N=C2SC(=Cc3ccc(OCc4ccccc4Cl)c(Cl)c3)C(=O)N2C)cc1. The van der Waals surface area contributed by atoms with E-state index in [0.717, 1.165) is 11.1 Å². The molecule has 0 spiro atoms. The van der Waals surface area contributed by atoms with Crippen LogP contribution in [-0.4, -0.2) is 35.6 Å². The Bertz CT molecular complexity index is 1360. The Hall–Kier alpha value is -3.26. The van der Waals surface area contributed by atoms with E-state index >= 15 is 0 Å². The highest BCUT2D eigenvalue weighted by molar-refractivity contribution is 8.18. The number of hydrogen-bond acceptors (Lipinski definition) is 6.